The smallest absolute Gasteiger partial charge is 0.317 e. The standard InChI is InChI=1S/C19H25FN2O3/c20-16-9-3-7-14(11-16)17(13-5-1-2-6-13)21-19(25)22-10-4-8-15(12-22)18(23)24/h3,7,9,11,13,15,17H,1-2,4-6,8,10,12H2,(H,21,25)(H,23,24). The quantitative estimate of drug-likeness (QED) is 0.874. The summed E-state index contributed by atoms with van der Waals surface area (Å²) in [6.45, 7) is 0.803. The third kappa shape index (κ3) is 4.30. The van der Waals surface area contributed by atoms with Gasteiger partial charge in [0.2, 0.25) is 0 Å². The Labute approximate surface area is 147 Å². The number of benzene rings is 1. The average molecular weight is 348 g/mol. The molecule has 1 heterocycles. The van der Waals surface area contributed by atoms with Crippen molar-refractivity contribution in [2.45, 2.75) is 44.6 Å². The highest BCUT2D eigenvalue weighted by Crippen LogP contribution is 2.36. The van der Waals surface area contributed by atoms with Crippen molar-refractivity contribution < 1.29 is 19.1 Å². The molecule has 5 nitrogen and oxygen atoms in total. The number of hydrogen-bond acceptors (Lipinski definition) is 2. The monoisotopic (exact) mass is 348 g/mol. The maximum Gasteiger partial charge on any atom is 0.317 e. The highest BCUT2D eigenvalue weighted by molar-refractivity contribution is 5.77. The summed E-state index contributed by atoms with van der Waals surface area (Å²) in [6.07, 6.45) is 5.57. The van der Waals surface area contributed by atoms with E-state index in [9.17, 15) is 19.1 Å². The van der Waals surface area contributed by atoms with E-state index >= 15 is 0 Å². The number of rotatable bonds is 4. The molecule has 1 aromatic carbocycles. The Bertz CT molecular complexity index is 631. The van der Waals surface area contributed by atoms with Crippen LogP contribution in [0.2, 0.25) is 0 Å². The summed E-state index contributed by atoms with van der Waals surface area (Å²) >= 11 is 0. The van der Waals surface area contributed by atoms with Crippen LogP contribution in [0.25, 0.3) is 0 Å². The molecule has 1 saturated heterocycles. The molecule has 2 aliphatic rings. The first kappa shape index (κ1) is 17.7. The first-order valence-electron chi connectivity index (χ1n) is 9.08. The molecule has 0 bridgehead atoms. The molecule has 2 unspecified atom stereocenters. The Morgan fingerprint density at radius 1 is 1.20 bits per heavy atom. The lowest BCUT2D eigenvalue weighted by molar-refractivity contribution is -0.143. The molecular weight excluding hydrogens is 323 g/mol. The van der Waals surface area contributed by atoms with Crippen LogP contribution in [0.1, 0.15) is 50.1 Å². The minimum absolute atomic E-state index is 0.226. The van der Waals surface area contributed by atoms with E-state index < -0.39 is 11.9 Å². The second kappa shape index (κ2) is 7.85. The van der Waals surface area contributed by atoms with E-state index in [0.717, 1.165) is 31.2 Å². The third-order valence-corrected chi connectivity index (χ3v) is 5.42. The minimum Gasteiger partial charge on any atom is -0.481 e. The average Bonchev–Trinajstić information content (AvgIpc) is 3.13. The van der Waals surface area contributed by atoms with Gasteiger partial charge < -0.3 is 15.3 Å². The van der Waals surface area contributed by atoms with Crippen molar-refractivity contribution in [3.63, 3.8) is 0 Å². The number of urea groups is 1. The highest BCUT2D eigenvalue weighted by Gasteiger charge is 2.32. The largest absolute Gasteiger partial charge is 0.481 e. The van der Waals surface area contributed by atoms with Gasteiger partial charge in [-0.25, -0.2) is 9.18 Å². The summed E-state index contributed by atoms with van der Waals surface area (Å²) < 4.78 is 13.7. The number of nitrogens with one attached hydrogen (secondary N) is 1. The molecule has 2 N–H and O–H groups in total. The Balaban J connectivity index is 1.73. The number of aliphatic carboxylic acids is 1. The number of piperidine rings is 1. The number of amides is 2. The third-order valence-electron chi connectivity index (χ3n) is 5.42. The Hall–Kier alpha value is -2.11. The van der Waals surface area contributed by atoms with Crippen LogP contribution < -0.4 is 5.32 Å². The van der Waals surface area contributed by atoms with Crippen molar-refractivity contribution in [1.82, 2.24) is 10.2 Å². The lowest BCUT2D eigenvalue weighted by atomic mass is 9.91. The van der Waals surface area contributed by atoms with Gasteiger partial charge in [0.15, 0.2) is 0 Å². The zero-order valence-electron chi connectivity index (χ0n) is 14.3. The van der Waals surface area contributed by atoms with Crippen LogP contribution in [0.5, 0.6) is 0 Å². The Kier molecular flexibility index (Phi) is 5.56. The summed E-state index contributed by atoms with van der Waals surface area (Å²) in [5, 5.41) is 12.3. The van der Waals surface area contributed by atoms with Crippen LogP contribution in [0, 0.1) is 17.7 Å². The van der Waals surface area contributed by atoms with E-state index in [4.69, 9.17) is 0 Å². The van der Waals surface area contributed by atoms with Crippen LogP contribution in [0.4, 0.5) is 9.18 Å². The Morgan fingerprint density at radius 2 is 1.96 bits per heavy atom. The summed E-state index contributed by atoms with van der Waals surface area (Å²) in [6, 6.07) is 5.93. The maximum absolute atomic E-state index is 13.7. The van der Waals surface area contributed by atoms with Gasteiger partial charge in [0.05, 0.1) is 12.0 Å². The van der Waals surface area contributed by atoms with Gasteiger partial charge in [-0.3, -0.25) is 4.79 Å². The van der Waals surface area contributed by atoms with E-state index in [2.05, 4.69) is 5.32 Å². The van der Waals surface area contributed by atoms with E-state index in [1.165, 1.54) is 12.1 Å². The van der Waals surface area contributed by atoms with Gasteiger partial charge in [-0.05, 0) is 49.3 Å². The molecule has 6 heteroatoms. The van der Waals surface area contributed by atoms with Gasteiger partial charge in [-0.2, -0.15) is 0 Å². The molecule has 1 aliphatic heterocycles. The van der Waals surface area contributed by atoms with E-state index in [1.54, 1.807) is 11.0 Å². The fraction of sp³-hybridized carbons (Fsp3) is 0.579. The molecular formula is C19H25FN2O3. The lowest BCUT2D eigenvalue weighted by Gasteiger charge is -2.33. The number of halogens is 1. The van der Waals surface area contributed by atoms with Gasteiger partial charge in [0, 0.05) is 13.1 Å². The van der Waals surface area contributed by atoms with Gasteiger partial charge in [-0.15, -0.1) is 0 Å². The molecule has 1 saturated carbocycles. The molecule has 2 atom stereocenters. The predicted octanol–water partition coefficient (Wildman–Crippen LogP) is 3.56. The Morgan fingerprint density at radius 3 is 2.64 bits per heavy atom. The van der Waals surface area contributed by atoms with Gasteiger partial charge in [-0.1, -0.05) is 25.0 Å². The molecule has 3 rings (SSSR count). The van der Waals surface area contributed by atoms with Gasteiger partial charge >= 0.3 is 12.0 Å². The van der Waals surface area contributed by atoms with Crippen LogP contribution in [-0.2, 0) is 4.79 Å². The zero-order chi connectivity index (χ0) is 17.8. The summed E-state index contributed by atoms with van der Waals surface area (Å²) in [5.41, 5.74) is 0.784. The molecule has 2 amide bonds. The van der Waals surface area contributed by atoms with Crippen molar-refractivity contribution in [1.29, 1.82) is 0 Å². The number of hydrogen-bond donors (Lipinski definition) is 2. The molecule has 0 spiro atoms. The summed E-state index contributed by atoms with van der Waals surface area (Å²) in [5.74, 6) is -1.36. The van der Waals surface area contributed by atoms with Gasteiger partial charge in [0.1, 0.15) is 5.82 Å². The van der Waals surface area contributed by atoms with Crippen molar-refractivity contribution in [3.8, 4) is 0 Å². The number of carbonyl (C=O) groups excluding carboxylic acids is 1. The number of nitrogens with zero attached hydrogens (tertiary/aromatic N) is 1. The number of carboxylic acid groups (broad SMARTS) is 1. The van der Waals surface area contributed by atoms with Crippen molar-refractivity contribution >= 4 is 12.0 Å². The molecule has 0 aromatic heterocycles. The second-order valence-electron chi connectivity index (χ2n) is 7.15. The van der Waals surface area contributed by atoms with Gasteiger partial charge in [0.25, 0.3) is 0 Å². The molecule has 25 heavy (non-hydrogen) atoms. The fourth-order valence-electron chi connectivity index (χ4n) is 4.05. The zero-order valence-corrected chi connectivity index (χ0v) is 14.3. The predicted molar refractivity (Wildman–Crippen MR) is 91.6 cm³/mol. The minimum atomic E-state index is -0.852. The lowest BCUT2D eigenvalue weighted by Crippen LogP contribution is -2.48. The molecule has 136 valence electrons. The van der Waals surface area contributed by atoms with Crippen molar-refractivity contribution in [2.24, 2.45) is 11.8 Å². The van der Waals surface area contributed by atoms with Crippen LogP contribution >= 0.6 is 0 Å². The normalized spacial score (nSPS) is 22.6. The number of carbonyl (C=O) groups is 2. The molecule has 1 aliphatic carbocycles. The second-order valence-corrected chi connectivity index (χ2v) is 7.15. The van der Waals surface area contributed by atoms with Crippen LogP contribution in [-0.4, -0.2) is 35.1 Å². The summed E-state index contributed by atoms with van der Waals surface area (Å²) in [4.78, 5) is 25.5. The van der Waals surface area contributed by atoms with Crippen LogP contribution in [0.3, 0.4) is 0 Å². The van der Waals surface area contributed by atoms with E-state index in [-0.39, 0.29) is 24.4 Å². The molecule has 1 aromatic rings. The number of likely N-dealkylation sites (tertiary alicyclic amines) is 1. The fourth-order valence-corrected chi connectivity index (χ4v) is 4.05. The number of carboxylic acids is 1. The van der Waals surface area contributed by atoms with Crippen molar-refractivity contribution in [2.75, 3.05) is 13.1 Å². The topological polar surface area (TPSA) is 69.6 Å². The summed E-state index contributed by atoms with van der Waals surface area (Å²) in [7, 11) is 0. The van der Waals surface area contributed by atoms with E-state index in [1.807, 2.05) is 6.07 Å². The maximum atomic E-state index is 13.7. The van der Waals surface area contributed by atoms with Crippen molar-refractivity contribution in [3.05, 3.63) is 35.6 Å². The molecule has 0 radical (unpaired) electrons. The highest BCUT2D eigenvalue weighted by atomic mass is 19.1. The first-order chi connectivity index (χ1) is 12.0. The van der Waals surface area contributed by atoms with E-state index in [0.29, 0.717) is 25.3 Å². The molecule has 2 fully saturated rings. The SMILES string of the molecule is O=C(O)C1CCCN(C(=O)NC(c2cccc(F)c2)C2CCCC2)C1. The first-order valence-corrected chi connectivity index (χ1v) is 9.08. The van der Waals surface area contributed by atoms with Crippen LogP contribution in [0.15, 0.2) is 24.3 Å².